The van der Waals surface area contributed by atoms with E-state index in [-0.39, 0.29) is 25.0 Å². The van der Waals surface area contributed by atoms with Gasteiger partial charge in [0.15, 0.2) is 0 Å². The van der Waals surface area contributed by atoms with E-state index in [1.54, 1.807) is 6.92 Å². The van der Waals surface area contributed by atoms with Gasteiger partial charge < -0.3 is 20.5 Å². The Labute approximate surface area is 106 Å². The second-order valence-corrected chi connectivity index (χ2v) is 5.32. The highest BCUT2D eigenvalue weighted by atomic mass is 16.5. The van der Waals surface area contributed by atoms with Crippen molar-refractivity contribution in [2.75, 3.05) is 26.3 Å². The van der Waals surface area contributed by atoms with Crippen molar-refractivity contribution in [3.8, 4) is 0 Å². The quantitative estimate of drug-likeness (QED) is 0.639. The van der Waals surface area contributed by atoms with Crippen LogP contribution in [0.2, 0.25) is 0 Å². The van der Waals surface area contributed by atoms with Crippen LogP contribution in [-0.2, 0) is 14.3 Å². The molecule has 2 rings (SSSR count). The number of carbonyl (C=O) groups excluding carboxylic acids is 1. The van der Waals surface area contributed by atoms with Gasteiger partial charge in [0.1, 0.15) is 5.41 Å². The standard InChI is InChI=1S/C12H20N2O4/c1-12(11(16)17)7-18-6-9(12)14-10(15)8-2-4-13-5-3-8/h8-9,13H,2-7H2,1H3,(H,14,15)(H,16,17). The smallest absolute Gasteiger partial charge is 0.313 e. The highest BCUT2D eigenvalue weighted by Gasteiger charge is 2.47. The molecule has 2 unspecified atom stereocenters. The first-order valence-corrected chi connectivity index (χ1v) is 6.36. The highest BCUT2D eigenvalue weighted by Crippen LogP contribution is 2.29. The topological polar surface area (TPSA) is 87.7 Å². The number of carboxylic acids is 1. The SMILES string of the molecule is CC1(C(=O)O)COCC1NC(=O)C1CCNCC1. The first-order valence-electron chi connectivity index (χ1n) is 6.36. The molecule has 18 heavy (non-hydrogen) atoms. The van der Waals surface area contributed by atoms with Crippen LogP contribution in [0.25, 0.3) is 0 Å². The molecule has 0 aromatic carbocycles. The minimum Gasteiger partial charge on any atom is -0.481 e. The van der Waals surface area contributed by atoms with Gasteiger partial charge in [0.25, 0.3) is 0 Å². The third-order valence-electron chi connectivity index (χ3n) is 3.97. The Morgan fingerprint density at radius 1 is 1.39 bits per heavy atom. The average molecular weight is 256 g/mol. The van der Waals surface area contributed by atoms with Gasteiger partial charge in [0.05, 0.1) is 19.3 Å². The number of piperidine rings is 1. The maximum Gasteiger partial charge on any atom is 0.313 e. The predicted octanol–water partition coefficient (Wildman–Crippen LogP) is -0.408. The summed E-state index contributed by atoms with van der Waals surface area (Å²) < 4.78 is 5.21. The molecule has 0 saturated carbocycles. The summed E-state index contributed by atoms with van der Waals surface area (Å²) in [5.41, 5.74) is -1.01. The molecule has 102 valence electrons. The number of hydrogen-bond donors (Lipinski definition) is 3. The van der Waals surface area contributed by atoms with Crippen LogP contribution in [0, 0.1) is 11.3 Å². The number of nitrogens with one attached hydrogen (secondary N) is 2. The summed E-state index contributed by atoms with van der Waals surface area (Å²) in [5, 5.41) is 15.3. The third kappa shape index (κ3) is 2.49. The van der Waals surface area contributed by atoms with Gasteiger partial charge in [-0.15, -0.1) is 0 Å². The van der Waals surface area contributed by atoms with Crippen LogP contribution in [0.4, 0.5) is 0 Å². The molecule has 0 spiro atoms. The lowest BCUT2D eigenvalue weighted by Gasteiger charge is -2.28. The van der Waals surface area contributed by atoms with E-state index >= 15 is 0 Å². The molecule has 6 heteroatoms. The van der Waals surface area contributed by atoms with Gasteiger partial charge in [-0.25, -0.2) is 0 Å². The Bertz CT molecular complexity index is 341. The lowest BCUT2D eigenvalue weighted by atomic mass is 9.85. The van der Waals surface area contributed by atoms with Crippen molar-refractivity contribution >= 4 is 11.9 Å². The van der Waals surface area contributed by atoms with Gasteiger partial charge in [-0.05, 0) is 32.9 Å². The van der Waals surface area contributed by atoms with Gasteiger partial charge in [0.2, 0.25) is 5.91 Å². The zero-order chi connectivity index (χ0) is 13.2. The van der Waals surface area contributed by atoms with Gasteiger partial charge >= 0.3 is 5.97 Å². The van der Waals surface area contributed by atoms with Gasteiger partial charge in [-0.2, -0.15) is 0 Å². The molecular weight excluding hydrogens is 236 g/mol. The monoisotopic (exact) mass is 256 g/mol. The van der Waals surface area contributed by atoms with Gasteiger partial charge in [-0.1, -0.05) is 0 Å². The van der Waals surface area contributed by atoms with E-state index in [0.29, 0.717) is 0 Å². The van der Waals surface area contributed by atoms with Crippen molar-refractivity contribution in [2.24, 2.45) is 11.3 Å². The van der Waals surface area contributed by atoms with Gasteiger partial charge in [-0.3, -0.25) is 9.59 Å². The zero-order valence-corrected chi connectivity index (χ0v) is 10.6. The van der Waals surface area contributed by atoms with E-state index in [9.17, 15) is 14.7 Å². The molecule has 2 aliphatic rings. The molecule has 0 aromatic rings. The molecule has 0 aromatic heterocycles. The largest absolute Gasteiger partial charge is 0.481 e. The predicted molar refractivity (Wildman–Crippen MR) is 64.1 cm³/mol. The molecule has 6 nitrogen and oxygen atoms in total. The van der Waals surface area contributed by atoms with Crippen LogP contribution < -0.4 is 10.6 Å². The summed E-state index contributed by atoms with van der Waals surface area (Å²) in [4.78, 5) is 23.3. The maximum absolute atomic E-state index is 12.1. The summed E-state index contributed by atoms with van der Waals surface area (Å²) in [6, 6.07) is -0.433. The maximum atomic E-state index is 12.1. The van der Waals surface area contributed by atoms with Crippen molar-refractivity contribution in [3.05, 3.63) is 0 Å². The minimum atomic E-state index is -1.01. The fourth-order valence-electron chi connectivity index (χ4n) is 2.46. The number of carboxylic acid groups (broad SMARTS) is 1. The van der Waals surface area contributed by atoms with Crippen molar-refractivity contribution in [1.82, 2.24) is 10.6 Å². The van der Waals surface area contributed by atoms with Crippen LogP contribution in [0.1, 0.15) is 19.8 Å². The van der Waals surface area contributed by atoms with E-state index in [1.807, 2.05) is 0 Å². The number of hydrogen-bond acceptors (Lipinski definition) is 4. The molecular formula is C12H20N2O4. The summed E-state index contributed by atoms with van der Waals surface area (Å²) in [6.45, 7) is 3.74. The Hall–Kier alpha value is -1.14. The van der Waals surface area contributed by atoms with Crippen LogP contribution in [0.5, 0.6) is 0 Å². The van der Waals surface area contributed by atoms with Gasteiger partial charge in [0, 0.05) is 5.92 Å². The number of amides is 1. The Balaban J connectivity index is 1.95. The minimum absolute atomic E-state index is 0.00936. The van der Waals surface area contributed by atoms with Crippen LogP contribution in [0.3, 0.4) is 0 Å². The number of ether oxygens (including phenoxy) is 1. The Morgan fingerprint density at radius 3 is 2.67 bits per heavy atom. The van der Waals surface area contributed by atoms with Crippen LogP contribution in [0.15, 0.2) is 0 Å². The number of aliphatic carboxylic acids is 1. The molecule has 2 fully saturated rings. The van der Waals surface area contributed by atoms with E-state index in [4.69, 9.17) is 4.74 Å². The molecule has 2 aliphatic heterocycles. The van der Waals surface area contributed by atoms with Crippen molar-refractivity contribution < 1.29 is 19.4 Å². The molecule has 0 bridgehead atoms. The normalized spacial score (nSPS) is 33.3. The second-order valence-electron chi connectivity index (χ2n) is 5.32. The fraction of sp³-hybridized carbons (Fsp3) is 0.833. The number of carbonyl (C=O) groups is 2. The lowest BCUT2D eigenvalue weighted by Crippen LogP contribution is -2.52. The van der Waals surface area contributed by atoms with Crippen molar-refractivity contribution in [2.45, 2.75) is 25.8 Å². The Kier molecular flexibility index (Phi) is 3.87. The van der Waals surface area contributed by atoms with E-state index < -0.39 is 17.4 Å². The zero-order valence-electron chi connectivity index (χ0n) is 10.6. The van der Waals surface area contributed by atoms with Crippen LogP contribution >= 0.6 is 0 Å². The highest BCUT2D eigenvalue weighted by molar-refractivity contribution is 5.81. The molecule has 0 aliphatic carbocycles. The molecule has 3 N–H and O–H groups in total. The summed E-state index contributed by atoms with van der Waals surface area (Å²) in [6.07, 6.45) is 1.62. The van der Waals surface area contributed by atoms with E-state index in [1.165, 1.54) is 0 Å². The molecule has 0 radical (unpaired) electrons. The first-order chi connectivity index (χ1) is 8.54. The Morgan fingerprint density at radius 2 is 2.06 bits per heavy atom. The first kappa shape index (κ1) is 13.3. The van der Waals surface area contributed by atoms with E-state index in [2.05, 4.69) is 10.6 Å². The van der Waals surface area contributed by atoms with Crippen LogP contribution in [-0.4, -0.2) is 49.3 Å². The average Bonchev–Trinajstić information content (AvgIpc) is 2.73. The second kappa shape index (κ2) is 5.24. The molecule has 2 saturated heterocycles. The lowest BCUT2D eigenvalue weighted by molar-refractivity contribution is -0.149. The summed E-state index contributed by atoms with van der Waals surface area (Å²) in [5.74, 6) is -0.972. The summed E-state index contributed by atoms with van der Waals surface area (Å²) >= 11 is 0. The molecule has 1 amide bonds. The summed E-state index contributed by atoms with van der Waals surface area (Å²) in [7, 11) is 0. The third-order valence-corrected chi connectivity index (χ3v) is 3.97. The van der Waals surface area contributed by atoms with E-state index in [0.717, 1.165) is 25.9 Å². The van der Waals surface area contributed by atoms with Crippen molar-refractivity contribution in [3.63, 3.8) is 0 Å². The fourth-order valence-corrected chi connectivity index (χ4v) is 2.46. The molecule has 2 heterocycles. The number of rotatable bonds is 3. The van der Waals surface area contributed by atoms with Crippen molar-refractivity contribution in [1.29, 1.82) is 0 Å². The molecule has 2 atom stereocenters.